The van der Waals surface area contributed by atoms with Crippen molar-refractivity contribution in [3.63, 3.8) is 0 Å². The Morgan fingerprint density at radius 1 is 1.19 bits per heavy atom. The Labute approximate surface area is 165 Å². The van der Waals surface area contributed by atoms with Crippen molar-refractivity contribution in [2.75, 3.05) is 17.7 Å². The molecule has 0 spiro atoms. The lowest BCUT2D eigenvalue weighted by Crippen LogP contribution is -2.13. The van der Waals surface area contributed by atoms with Crippen LogP contribution in [0, 0.1) is 0 Å². The number of fused-ring (bicyclic) bond motifs is 1. The van der Waals surface area contributed by atoms with Gasteiger partial charge in [-0.25, -0.2) is 4.98 Å². The lowest BCUT2D eigenvalue weighted by Gasteiger charge is -2.10. The van der Waals surface area contributed by atoms with Gasteiger partial charge in [0.15, 0.2) is 5.13 Å². The molecule has 0 saturated heterocycles. The number of carbonyl (C=O) groups excluding carboxylic acids is 2. The van der Waals surface area contributed by atoms with E-state index in [2.05, 4.69) is 15.6 Å². The second-order valence-electron chi connectivity index (χ2n) is 5.90. The maximum absolute atomic E-state index is 12.3. The van der Waals surface area contributed by atoms with E-state index in [9.17, 15) is 9.59 Å². The van der Waals surface area contributed by atoms with Crippen molar-refractivity contribution in [1.82, 2.24) is 4.98 Å². The predicted molar refractivity (Wildman–Crippen MR) is 109 cm³/mol. The van der Waals surface area contributed by atoms with Gasteiger partial charge in [-0.1, -0.05) is 29.0 Å². The van der Waals surface area contributed by atoms with Crippen LogP contribution in [-0.4, -0.2) is 23.9 Å². The number of methoxy groups -OCH3 is 1. The largest absolute Gasteiger partial charge is 0.495 e. The number of nitrogens with one attached hydrogen (secondary N) is 2. The Hall–Kier alpha value is -2.64. The molecule has 0 unspecified atom stereocenters. The summed E-state index contributed by atoms with van der Waals surface area (Å²) in [5.41, 5.74) is 2.39. The van der Waals surface area contributed by atoms with E-state index in [1.54, 1.807) is 25.3 Å². The molecule has 6 nitrogen and oxygen atoms in total. The molecule has 3 aromatic rings. The Balaban J connectivity index is 1.65. The third-order valence-electron chi connectivity index (χ3n) is 3.81. The first-order valence-corrected chi connectivity index (χ1v) is 9.44. The maximum atomic E-state index is 12.3. The zero-order valence-corrected chi connectivity index (χ0v) is 16.4. The third kappa shape index (κ3) is 4.96. The SMILES string of the molecule is COc1ccc(Cl)cc1NC(=O)CCc1ccc2nc(NC(C)=O)sc2c1. The summed E-state index contributed by atoms with van der Waals surface area (Å²) < 4.78 is 6.20. The van der Waals surface area contributed by atoms with Gasteiger partial charge in [0, 0.05) is 18.4 Å². The second kappa shape index (κ2) is 8.37. The van der Waals surface area contributed by atoms with E-state index in [4.69, 9.17) is 16.3 Å². The highest BCUT2D eigenvalue weighted by atomic mass is 35.5. The molecule has 27 heavy (non-hydrogen) atoms. The molecule has 0 atom stereocenters. The van der Waals surface area contributed by atoms with Crippen LogP contribution in [0.2, 0.25) is 5.02 Å². The molecular weight excluding hydrogens is 386 g/mol. The summed E-state index contributed by atoms with van der Waals surface area (Å²) in [6.45, 7) is 1.45. The van der Waals surface area contributed by atoms with Crippen LogP contribution in [-0.2, 0) is 16.0 Å². The summed E-state index contributed by atoms with van der Waals surface area (Å²) in [6, 6.07) is 10.9. The van der Waals surface area contributed by atoms with E-state index >= 15 is 0 Å². The highest BCUT2D eigenvalue weighted by molar-refractivity contribution is 7.22. The molecule has 1 heterocycles. The summed E-state index contributed by atoms with van der Waals surface area (Å²) in [7, 11) is 1.54. The number of aryl methyl sites for hydroxylation is 1. The van der Waals surface area contributed by atoms with Gasteiger partial charge in [-0.3, -0.25) is 9.59 Å². The molecule has 0 saturated carbocycles. The molecule has 3 rings (SSSR count). The second-order valence-corrected chi connectivity index (χ2v) is 7.36. The molecule has 0 radical (unpaired) electrons. The molecule has 0 bridgehead atoms. The summed E-state index contributed by atoms with van der Waals surface area (Å²) >= 11 is 7.39. The zero-order chi connectivity index (χ0) is 19.4. The van der Waals surface area contributed by atoms with Crippen LogP contribution >= 0.6 is 22.9 Å². The van der Waals surface area contributed by atoms with E-state index in [1.165, 1.54) is 18.3 Å². The molecule has 2 aromatic carbocycles. The van der Waals surface area contributed by atoms with E-state index < -0.39 is 0 Å². The van der Waals surface area contributed by atoms with Crippen molar-refractivity contribution in [2.24, 2.45) is 0 Å². The molecule has 8 heteroatoms. The van der Waals surface area contributed by atoms with E-state index in [-0.39, 0.29) is 11.8 Å². The number of ether oxygens (including phenoxy) is 1. The van der Waals surface area contributed by atoms with Gasteiger partial charge in [0.2, 0.25) is 11.8 Å². The van der Waals surface area contributed by atoms with Gasteiger partial charge >= 0.3 is 0 Å². The molecule has 140 valence electrons. The average molecular weight is 404 g/mol. The molecule has 0 aliphatic rings. The number of amides is 2. The summed E-state index contributed by atoms with van der Waals surface area (Å²) in [6.07, 6.45) is 0.899. The van der Waals surface area contributed by atoms with Crippen molar-refractivity contribution in [3.05, 3.63) is 47.0 Å². The highest BCUT2D eigenvalue weighted by Crippen LogP contribution is 2.29. The van der Waals surface area contributed by atoms with Gasteiger partial charge in [-0.05, 0) is 42.3 Å². The van der Waals surface area contributed by atoms with Crippen LogP contribution in [0.1, 0.15) is 18.9 Å². The van der Waals surface area contributed by atoms with Crippen molar-refractivity contribution in [2.45, 2.75) is 19.8 Å². The molecule has 0 fully saturated rings. The number of nitrogens with zero attached hydrogens (tertiary/aromatic N) is 1. The fourth-order valence-electron chi connectivity index (χ4n) is 2.58. The number of halogens is 1. The van der Waals surface area contributed by atoms with Crippen molar-refractivity contribution in [3.8, 4) is 5.75 Å². The van der Waals surface area contributed by atoms with Gasteiger partial charge in [-0.2, -0.15) is 0 Å². The van der Waals surface area contributed by atoms with Crippen LogP contribution in [0.5, 0.6) is 5.75 Å². The van der Waals surface area contributed by atoms with Gasteiger partial charge in [0.1, 0.15) is 5.75 Å². The molecular formula is C19H18ClN3O3S. The van der Waals surface area contributed by atoms with Crippen LogP contribution < -0.4 is 15.4 Å². The third-order valence-corrected chi connectivity index (χ3v) is 4.98. The van der Waals surface area contributed by atoms with Gasteiger partial charge in [-0.15, -0.1) is 0 Å². The molecule has 0 aliphatic carbocycles. The molecule has 2 amide bonds. The molecule has 0 aliphatic heterocycles. The normalized spacial score (nSPS) is 10.6. The maximum Gasteiger partial charge on any atom is 0.224 e. The van der Waals surface area contributed by atoms with Crippen LogP contribution in [0.25, 0.3) is 10.2 Å². The smallest absolute Gasteiger partial charge is 0.224 e. The average Bonchev–Trinajstić information content (AvgIpc) is 3.00. The van der Waals surface area contributed by atoms with Crippen molar-refractivity contribution >= 4 is 55.8 Å². The van der Waals surface area contributed by atoms with Crippen LogP contribution in [0.3, 0.4) is 0 Å². The monoisotopic (exact) mass is 403 g/mol. The number of aromatic nitrogens is 1. The summed E-state index contributed by atoms with van der Waals surface area (Å²) in [5, 5.41) is 6.61. The number of anilines is 2. The fraction of sp³-hybridized carbons (Fsp3) is 0.211. The topological polar surface area (TPSA) is 80.3 Å². The number of benzene rings is 2. The fourth-order valence-corrected chi connectivity index (χ4v) is 3.72. The first-order valence-electron chi connectivity index (χ1n) is 8.25. The van der Waals surface area contributed by atoms with Crippen molar-refractivity contribution < 1.29 is 14.3 Å². The lowest BCUT2D eigenvalue weighted by atomic mass is 10.1. The van der Waals surface area contributed by atoms with Crippen LogP contribution in [0.15, 0.2) is 36.4 Å². The zero-order valence-electron chi connectivity index (χ0n) is 14.8. The number of carbonyl (C=O) groups is 2. The standard InChI is InChI=1S/C19H18ClN3O3S/c1-11(24)21-19-23-14-6-3-12(9-17(14)27-19)4-8-18(25)22-15-10-13(20)5-7-16(15)26-2/h3,5-7,9-10H,4,8H2,1-2H3,(H,22,25)(H,21,23,24). The molecule has 1 aromatic heterocycles. The van der Waals surface area contributed by atoms with Crippen molar-refractivity contribution in [1.29, 1.82) is 0 Å². The number of hydrogen-bond donors (Lipinski definition) is 2. The quantitative estimate of drug-likeness (QED) is 0.635. The number of hydrogen-bond acceptors (Lipinski definition) is 5. The van der Waals surface area contributed by atoms with Gasteiger partial charge in [0.25, 0.3) is 0 Å². The predicted octanol–water partition coefficient (Wildman–Crippen LogP) is 4.49. The Morgan fingerprint density at radius 2 is 2.00 bits per heavy atom. The van der Waals surface area contributed by atoms with Crippen LogP contribution in [0.4, 0.5) is 10.8 Å². The number of rotatable bonds is 6. The minimum absolute atomic E-state index is 0.126. The first-order chi connectivity index (χ1) is 12.9. The minimum atomic E-state index is -0.151. The molecule has 2 N–H and O–H groups in total. The highest BCUT2D eigenvalue weighted by Gasteiger charge is 2.10. The Bertz CT molecular complexity index is 1000. The number of thiazole rings is 1. The Kier molecular flexibility index (Phi) is 5.93. The van der Waals surface area contributed by atoms with Gasteiger partial charge < -0.3 is 15.4 Å². The summed E-state index contributed by atoms with van der Waals surface area (Å²) in [4.78, 5) is 27.8. The van der Waals surface area contributed by atoms with E-state index in [1.807, 2.05) is 18.2 Å². The minimum Gasteiger partial charge on any atom is -0.495 e. The lowest BCUT2D eigenvalue weighted by molar-refractivity contribution is -0.116. The van der Waals surface area contributed by atoms with Gasteiger partial charge in [0.05, 0.1) is 23.0 Å². The summed E-state index contributed by atoms with van der Waals surface area (Å²) in [5.74, 6) is 0.283. The Morgan fingerprint density at radius 3 is 2.74 bits per heavy atom. The van der Waals surface area contributed by atoms with E-state index in [0.29, 0.717) is 34.4 Å². The first kappa shape index (κ1) is 19.1. The van der Waals surface area contributed by atoms with E-state index in [0.717, 1.165) is 15.8 Å².